The maximum Gasteiger partial charge on any atom is 0.105 e. The monoisotopic (exact) mass is 204 g/mol. The summed E-state index contributed by atoms with van der Waals surface area (Å²) in [4.78, 5) is 6.42. The van der Waals surface area contributed by atoms with E-state index in [0.29, 0.717) is 0 Å². The first-order valence-corrected chi connectivity index (χ1v) is 4.84. The van der Waals surface area contributed by atoms with Crippen LogP contribution in [0.3, 0.4) is 0 Å². The molecule has 0 radical (unpaired) electrons. The predicted molar refractivity (Wildman–Crippen MR) is 56.0 cm³/mol. The van der Waals surface area contributed by atoms with Crippen LogP contribution in [0.25, 0.3) is 10.2 Å². The van der Waals surface area contributed by atoms with E-state index >= 15 is 0 Å². The van der Waals surface area contributed by atoms with E-state index in [2.05, 4.69) is 19.6 Å². The zero-order chi connectivity index (χ0) is 9.64. The highest BCUT2D eigenvalue weighted by Gasteiger charge is 1.91. The average molecular weight is 204 g/mol. The molecule has 0 fully saturated rings. The first-order valence-electron chi connectivity index (χ1n) is 4.06. The Morgan fingerprint density at radius 3 is 2.79 bits per heavy atom. The van der Waals surface area contributed by atoms with Crippen molar-refractivity contribution in [3.05, 3.63) is 43.0 Å². The minimum atomic E-state index is 0.988. The van der Waals surface area contributed by atoms with Crippen molar-refractivity contribution in [1.82, 2.24) is 19.6 Å². The SMILES string of the molecule is c1c[nH]cn1.c1ccc2snnc2c1. The van der Waals surface area contributed by atoms with Crippen molar-refractivity contribution in [3.8, 4) is 0 Å². The van der Waals surface area contributed by atoms with E-state index in [1.165, 1.54) is 11.5 Å². The summed E-state index contributed by atoms with van der Waals surface area (Å²) in [6, 6.07) is 7.92. The van der Waals surface area contributed by atoms with Gasteiger partial charge >= 0.3 is 0 Å². The standard InChI is InChI=1S/C6H4N2S.C3H4N2/c1-2-4-6-5(3-1)7-8-9-6;1-2-5-3-4-1/h1-4H;1-3H,(H,4,5). The lowest BCUT2D eigenvalue weighted by molar-refractivity contribution is 1.20. The van der Waals surface area contributed by atoms with Crippen molar-refractivity contribution in [1.29, 1.82) is 0 Å². The van der Waals surface area contributed by atoms with Crippen molar-refractivity contribution in [3.63, 3.8) is 0 Å². The summed E-state index contributed by atoms with van der Waals surface area (Å²) in [7, 11) is 0. The first-order chi connectivity index (χ1) is 6.97. The molecule has 0 atom stereocenters. The van der Waals surface area contributed by atoms with Crippen LogP contribution >= 0.6 is 11.5 Å². The molecule has 0 amide bonds. The van der Waals surface area contributed by atoms with Crippen LogP contribution in [0, 0.1) is 0 Å². The molecule has 14 heavy (non-hydrogen) atoms. The van der Waals surface area contributed by atoms with Crippen LogP contribution in [0.2, 0.25) is 0 Å². The summed E-state index contributed by atoms with van der Waals surface area (Å²) in [6.45, 7) is 0. The zero-order valence-electron chi connectivity index (χ0n) is 7.29. The fourth-order valence-electron chi connectivity index (χ4n) is 0.941. The van der Waals surface area contributed by atoms with Crippen molar-refractivity contribution in [2.24, 2.45) is 0 Å². The van der Waals surface area contributed by atoms with Gasteiger partial charge < -0.3 is 4.98 Å². The lowest BCUT2D eigenvalue weighted by atomic mass is 10.3. The number of aromatic amines is 1. The van der Waals surface area contributed by atoms with E-state index < -0.39 is 0 Å². The molecule has 0 aliphatic heterocycles. The fourth-order valence-corrected chi connectivity index (χ4v) is 1.50. The molecule has 3 aromatic rings. The average Bonchev–Trinajstić information content (AvgIpc) is 2.92. The molecular formula is C9H8N4S. The molecule has 5 heteroatoms. The van der Waals surface area contributed by atoms with Crippen LogP contribution in [-0.4, -0.2) is 19.6 Å². The zero-order valence-corrected chi connectivity index (χ0v) is 8.11. The molecule has 0 saturated carbocycles. The molecule has 0 spiro atoms. The fraction of sp³-hybridized carbons (Fsp3) is 0. The lowest BCUT2D eigenvalue weighted by Gasteiger charge is -1.78. The van der Waals surface area contributed by atoms with Crippen LogP contribution in [0.15, 0.2) is 43.0 Å². The summed E-state index contributed by atoms with van der Waals surface area (Å²) >= 11 is 1.43. The highest BCUT2D eigenvalue weighted by molar-refractivity contribution is 7.12. The molecule has 1 aromatic carbocycles. The molecule has 0 aliphatic carbocycles. The number of fused-ring (bicyclic) bond motifs is 1. The Balaban J connectivity index is 0.000000128. The topological polar surface area (TPSA) is 54.5 Å². The number of benzene rings is 1. The highest BCUT2D eigenvalue weighted by atomic mass is 32.1. The number of nitrogens with zero attached hydrogens (tertiary/aromatic N) is 3. The predicted octanol–water partition coefficient (Wildman–Crippen LogP) is 2.10. The van der Waals surface area contributed by atoms with Gasteiger partial charge in [0.2, 0.25) is 0 Å². The summed E-state index contributed by atoms with van der Waals surface area (Å²) in [6.07, 6.45) is 5.08. The summed E-state index contributed by atoms with van der Waals surface area (Å²) in [5.74, 6) is 0. The van der Waals surface area contributed by atoms with Crippen LogP contribution in [0.5, 0.6) is 0 Å². The Kier molecular flexibility index (Phi) is 2.82. The molecule has 0 unspecified atom stereocenters. The van der Waals surface area contributed by atoms with Crippen LogP contribution in [0.4, 0.5) is 0 Å². The Morgan fingerprint density at radius 1 is 1.21 bits per heavy atom. The smallest absolute Gasteiger partial charge is 0.105 e. The Hall–Kier alpha value is -1.75. The van der Waals surface area contributed by atoms with Gasteiger partial charge in [0.05, 0.1) is 11.0 Å². The van der Waals surface area contributed by atoms with E-state index in [0.717, 1.165) is 10.2 Å². The van der Waals surface area contributed by atoms with Gasteiger partial charge in [0, 0.05) is 12.4 Å². The quantitative estimate of drug-likeness (QED) is 0.610. The molecule has 70 valence electrons. The van der Waals surface area contributed by atoms with E-state index in [-0.39, 0.29) is 0 Å². The summed E-state index contributed by atoms with van der Waals surface area (Å²) < 4.78 is 4.94. The third-order valence-electron chi connectivity index (χ3n) is 1.56. The maximum atomic E-state index is 3.89. The Bertz CT molecular complexity index is 427. The first kappa shape index (κ1) is 8.83. The van der Waals surface area contributed by atoms with Crippen LogP contribution < -0.4 is 0 Å². The Labute approximate surface area is 84.8 Å². The molecule has 2 aromatic heterocycles. The van der Waals surface area contributed by atoms with Crippen molar-refractivity contribution in [2.45, 2.75) is 0 Å². The third-order valence-corrected chi connectivity index (χ3v) is 2.26. The van der Waals surface area contributed by atoms with E-state index in [1.54, 1.807) is 18.7 Å². The van der Waals surface area contributed by atoms with Gasteiger partial charge in [-0.2, -0.15) is 0 Å². The van der Waals surface area contributed by atoms with Gasteiger partial charge in [-0.3, -0.25) is 0 Å². The van der Waals surface area contributed by atoms with Gasteiger partial charge in [0.1, 0.15) is 5.52 Å². The summed E-state index contributed by atoms with van der Waals surface area (Å²) in [5, 5.41) is 3.89. The largest absolute Gasteiger partial charge is 0.351 e. The second-order valence-corrected chi connectivity index (χ2v) is 3.29. The molecule has 0 saturated heterocycles. The second kappa shape index (κ2) is 4.48. The third kappa shape index (κ3) is 2.14. The van der Waals surface area contributed by atoms with Crippen molar-refractivity contribution < 1.29 is 0 Å². The van der Waals surface area contributed by atoms with Crippen molar-refractivity contribution >= 4 is 21.7 Å². The molecule has 0 bridgehead atoms. The molecule has 4 nitrogen and oxygen atoms in total. The number of aromatic nitrogens is 4. The van der Waals surface area contributed by atoms with Gasteiger partial charge in [-0.05, 0) is 23.7 Å². The van der Waals surface area contributed by atoms with Crippen molar-refractivity contribution in [2.75, 3.05) is 0 Å². The minimum absolute atomic E-state index is 0.988. The van der Waals surface area contributed by atoms with E-state index in [9.17, 15) is 0 Å². The number of imidazole rings is 1. The minimum Gasteiger partial charge on any atom is -0.351 e. The lowest BCUT2D eigenvalue weighted by Crippen LogP contribution is -1.63. The molecule has 0 aliphatic rings. The molecule has 1 N–H and O–H groups in total. The van der Waals surface area contributed by atoms with E-state index in [1.807, 2.05) is 24.3 Å². The van der Waals surface area contributed by atoms with Crippen LogP contribution in [0.1, 0.15) is 0 Å². The normalized spacial score (nSPS) is 9.43. The maximum absolute atomic E-state index is 3.89. The van der Waals surface area contributed by atoms with Crippen LogP contribution in [-0.2, 0) is 0 Å². The number of nitrogens with one attached hydrogen (secondary N) is 1. The number of rotatable bonds is 0. The second-order valence-electron chi connectivity index (χ2n) is 2.50. The van der Waals surface area contributed by atoms with Gasteiger partial charge in [0.25, 0.3) is 0 Å². The highest BCUT2D eigenvalue weighted by Crippen LogP contribution is 2.12. The molecule has 3 rings (SSSR count). The number of hydrogen-bond donors (Lipinski definition) is 1. The van der Waals surface area contributed by atoms with Gasteiger partial charge in [0.15, 0.2) is 0 Å². The van der Waals surface area contributed by atoms with Gasteiger partial charge in [-0.15, -0.1) is 5.10 Å². The van der Waals surface area contributed by atoms with E-state index in [4.69, 9.17) is 0 Å². The Morgan fingerprint density at radius 2 is 2.14 bits per heavy atom. The number of hydrogen-bond acceptors (Lipinski definition) is 4. The summed E-state index contributed by atoms with van der Waals surface area (Å²) in [5.41, 5.74) is 0.988. The van der Waals surface area contributed by atoms with Gasteiger partial charge in [-0.25, -0.2) is 4.98 Å². The molecule has 2 heterocycles. The molecular weight excluding hydrogens is 196 g/mol. The number of H-pyrrole nitrogens is 1. The van der Waals surface area contributed by atoms with Gasteiger partial charge in [-0.1, -0.05) is 16.6 Å².